The van der Waals surface area contributed by atoms with E-state index >= 15 is 0 Å². The van der Waals surface area contributed by atoms with Crippen LogP contribution in [0.5, 0.6) is 0 Å². The van der Waals surface area contributed by atoms with Crippen LogP contribution in [0.4, 0.5) is 0 Å². The Bertz CT molecular complexity index is 332. The van der Waals surface area contributed by atoms with Crippen LogP contribution in [0.3, 0.4) is 0 Å². The maximum absolute atomic E-state index is 5.94. The molecule has 0 aliphatic rings. The summed E-state index contributed by atoms with van der Waals surface area (Å²) in [5.74, 6) is 0.606. The molecule has 2 N–H and O–H groups in total. The normalized spacial score (nSPS) is 11.9. The van der Waals surface area contributed by atoms with E-state index in [1.807, 2.05) is 26.0 Å². The summed E-state index contributed by atoms with van der Waals surface area (Å²) in [4.78, 5) is 10.4. The summed E-state index contributed by atoms with van der Waals surface area (Å²) in [6.45, 7) is 7.75. The Kier molecular flexibility index (Phi) is 4.76. The van der Waals surface area contributed by atoms with Gasteiger partial charge in [-0.05, 0) is 38.5 Å². The summed E-state index contributed by atoms with van der Waals surface area (Å²) in [5, 5.41) is 0. The molecular formula is C12H20N4. The average Bonchev–Trinajstić information content (AvgIpc) is 2.26. The zero-order valence-electron chi connectivity index (χ0n) is 10.2. The Labute approximate surface area is 97.2 Å². The third-order valence-corrected chi connectivity index (χ3v) is 2.22. The highest BCUT2D eigenvalue weighted by atomic mass is 15.2. The molecule has 0 aliphatic heterocycles. The number of pyridine rings is 1. The minimum Gasteiger partial charge on any atom is -0.370 e. The zero-order valence-corrected chi connectivity index (χ0v) is 10.2. The molecule has 0 fully saturated rings. The minimum absolute atomic E-state index is 0.228. The lowest BCUT2D eigenvalue weighted by Crippen LogP contribution is -2.37. The molecule has 0 bridgehead atoms. The van der Waals surface area contributed by atoms with E-state index in [0.717, 1.165) is 13.1 Å². The van der Waals surface area contributed by atoms with Crippen LogP contribution in [-0.2, 0) is 6.54 Å². The quantitative estimate of drug-likeness (QED) is 0.619. The first-order valence-electron chi connectivity index (χ1n) is 5.60. The number of hydrogen-bond donors (Lipinski definition) is 1. The number of guanidine groups is 1. The van der Waals surface area contributed by atoms with Crippen LogP contribution < -0.4 is 5.73 Å². The van der Waals surface area contributed by atoms with Crippen LogP contribution in [0.1, 0.15) is 26.3 Å². The van der Waals surface area contributed by atoms with Crippen LogP contribution >= 0.6 is 0 Å². The number of rotatable bonds is 4. The van der Waals surface area contributed by atoms with Crippen molar-refractivity contribution in [3.8, 4) is 0 Å². The van der Waals surface area contributed by atoms with Crippen molar-refractivity contribution in [3.63, 3.8) is 0 Å². The highest BCUT2D eigenvalue weighted by molar-refractivity contribution is 5.78. The van der Waals surface area contributed by atoms with Crippen LogP contribution in [0, 0.1) is 0 Å². The fraction of sp³-hybridized carbons (Fsp3) is 0.500. The molecule has 0 radical (unpaired) electrons. The number of nitrogens with zero attached hydrogens (tertiary/aromatic N) is 3. The van der Waals surface area contributed by atoms with Gasteiger partial charge in [-0.1, -0.05) is 0 Å². The van der Waals surface area contributed by atoms with Gasteiger partial charge >= 0.3 is 0 Å². The van der Waals surface area contributed by atoms with E-state index in [9.17, 15) is 0 Å². The van der Waals surface area contributed by atoms with Crippen LogP contribution in [0.2, 0.25) is 0 Å². The maximum atomic E-state index is 5.94. The number of aromatic nitrogens is 1. The lowest BCUT2D eigenvalue weighted by atomic mass is 10.2. The molecular weight excluding hydrogens is 200 g/mol. The Hall–Kier alpha value is -1.58. The SMILES string of the molecule is CCN(Cc1ccncc1)C(N)=NC(C)C. The summed E-state index contributed by atoms with van der Waals surface area (Å²) >= 11 is 0. The molecule has 1 heterocycles. The Morgan fingerprint density at radius 2 is 2.06 bits per heavy atom. The van der Waals surface area contributed by atoms with Gasteiger partial charge in [-0.15, -0.1) is 0 Å². The highest BCUT2D eigenvalue weighted by Crippen LogP contribution is 2.03. The molecule has 1 aromatic rings. The Morgan fingerprint density at radius 3 is 2.56 bits per heavy atom. The third kappa shape index (κ3) is 3.88. The molecule has 0 amide bonds. The van der Waals surface area contributed by atoms with Gasteiger partial charge in [0.05, 0.1) is 0 Å². The van der Waals surface area contributed by atoms with Gasteiger partial charge in [0.1, 0.15) is 0 Å². The molecule has 0 saturated carbocycles. The monoisotopic (exact) mass is 220 g/mol. The minimum atomic E-state index is 0.228. The number of nitrogens with two attached hydrogens (primary N) is 1. The first-order valence-corrected chi connectivity index (χ1v) is 5.60. The molecule has 1 rings (SSSR count). The van der Waals surface area contributed by atoms with Crippen LogP contribution in [0.25, 0.3) is 0 Å². The summed E-state index contributed by atoms with van der Waals surface area (Å²) in [7, 11) is 0. The molecule has 0 atom stereocenters. The molecule has 0 unspecified atom stereocenters. The van der Waals surface area contributed by atoms with E-state index < -0.39 is 0 Å². The number of hydrogen-bond acceptors (Lipinski definition) is 2. The molecule has 0 aliphatic carbocycles. The van der Waals surface area contributed by atoms with E-state index in [-0.39, 0.29) is 6.04 Å². The van der Waals surface area contributed by atoms with Gasteiger partial charge in [-0.25, -0.2) is 0 Å². The third-order valence-electron chi connectivity index (χ3n) is 2.22. The van der Waals surface area contributed by atoms with Gasteiger partial charge in [0.25, 0.3) is 0 Å². The van der Waals surface area contributed by atoms with Gasteiger partial charge in [0.15, 0.2) is 5.96 Å². The fourth-order valence-corrected chi connectivity index (χ4v) is 1.41. The largest absolute Gasteiger partial charge is 0.370 e. The zero-order chi connectivity index (χ0) is 12.0. The van der Waals surface area contributed by atoms with Crippen molar-refractivity contribution in [3.05, 3.63) is 30.1 Å². The summed E-state index contributed by atoms with van der Waals surface area (Å²) < 4.78 is 0. The predicted octanol–water partition coefficient (Wildman–Crippen LogP) is 1.63. The second-order valence-corrected chi connectivity index (χ2v) is 3.95. The molecule has 16 heavy (non-hydrogen) atoms. The van der Waals surface area contributed by atoms with E-state index in [4.69, 9.17) is 5.73 Å². The molecule has 4 nitrogen and oxygen atoms in total. The van der Waals surface area contributed by atoms with Gasteiger partial charge in [-0.2, -0.15) is 0 Å². The first-order chi connectivity index (χ1) is 7.63. The van der Waals surface area contributed by atoms with Crippen molar-refractivity contribution >= 4 is 5.96 Å². The first kappa shape index (κ1) is 12.5. The molecule has 0 aromatic carbocycles. The molecule has 0 saturated heterocycles. The van der Waals surface area contributed by atoms with Gasteiger partial charge in [0, 0.05) is 31.5 Å². The topological polar surface area (TPSA) is 54.5 Å². The van der Waals surface area contributed by atoms with Crippen molar-refractivity contribution in [2.75, 3.05) is 6.54 Å². The Balaban J connectivity index is 2.69. The maximum Gasteiger partial charge on any atom is 0.191 e. The van der Waals surface area contributed by atoms with E-state index in [1.54, 1.807) is 12.4 Å². The van der Waals surface area contributed by atoms with Gasteiger partial charge in [0.2, 0.25) is 0 Å². The van der Waals surface area contributed by atoms with Crippen molar-refractivity contribution in [2.24, 2.45) is 10.7 Å². The molecule has 1 aromatic heterocycles. The molecule has 88 valence electrons. The second-order valence-electron chi connectivity index (χ2n) is 3.95. The van der Waals surface area contributed by atoms with Crippen molar-refractivity contribution in [2.45, 2.75) is 33.4 Å². The second kappa shape index (κ2) is 6.10. The van der Waals surface area contributed by atoms with Crippen molar-refractivity contribution in [1.29, 1.82) is 0 Å². The van der Waals surface area contributed by atoms with E-state index in [0.29, 0.717) is 5.96 Å². The lowest BCUT2D eigenvalue weighted by Gasteiger charge is -2.22. The predicted molar refractivity (Wildman–Crippen MR) is 67.1 cm³/mol. The Morgan fingerprint density at radius 1 is 1.44 bits per heavy atom. The van der Waals surface area contributed by atoms with E-state index in [1.165, 1.54) is 5.56 Å². The summed E-state index contributed by atoms with van der Waals surface area (Å²) in [5.41, 5.74) is 7.13. The highest BCUT2D eigenvalue weighted by Gasteiger charge is 2.06. The summed E-state index contributed by atoms with van der Waals surface area (Å²) in [6, 6.07) is 4.21. The van der Waals surface area contributed by atoms with Gasteiger partial charge < -0.3 is 10.6 Å². The van der Waals surface area contributed by atoms with Crippen molar-refractivity contribution < 1.29 is 0 Å². The molecule has 0 spiro atoms. The lowest BCUT2D eigenvalue weighted by molar-refractivity contribution is 0.426. The molecule has 4 heteroatoms. The van der Waals surface area contributed by atoms with Crippen molar-refractivity contribution in [1.82, 2.24) is 9.88 Å². The van der Waals surface area contributed by atoms with Crippen LogP contribution in [-0.4, -0.2) is 28.4 Å². The number of aliphatic imine (C=N–C) groups is 1. The van der Waals surface area contributed by atoms with Gasteiger partial charge in [-0.3, -0.25) is 9.98 Å². The van der Waals surface area contributed by atoms with Crippen LogP contribution in [0.15, 0.2) is 29.5 Å². The van der Waals surface area contributed by atoms with E-state index in [2.05, 4.69) is 21.8 Å². The standard InChI is InChI=1S/C12H20N4/c1-4-16(12(13)15-10(2)3)9-11-5-7-14-8-6-11/h5-8,10H,4,9H2,1-3H3,(H2,13,15). The smallest absolute Gasteiger partial charge is 0.191 e. The fourth-order valence-electron chi connectivity index (χ4n) is 1.41. The summed E-state index contributed by atoms with van der Waals surface area (Å²) in [6.07, 6.45) is 3.58. The average molecular weight is 220 g/mol.